The summed E-state index contributed by atoms with van der Waals surface area (Å²) >= 11 is 5.93. The molecule has 1 aliphatic heterocycles. The third kappa shape index (κ3) is 3.80. The first-order chi connectivity index (χ1) is 14.4. The van der Waals surface area contributed by atoms with Crippen LogP contribution in [-0.2, 0) is 27.8 Å². The van der Waals surface area contributed by atoms with Crippen molar-refractivity contribution >= 4 is 33.2 Å². The second kappa shape index (κ2) is 8.13. The zero-order chi connectivity index (χ0) is 21.3. The van der Waals surface area contributed by atoms with Crippen LogP contribution in [0.2, 0.25) is 5.02 Å². The Balaban J connectivity index is 1.70. The molecular formula is C23H21ClN2O3S. The summed E-state index contributed by atoms with van der Waals surface area (Å²) < 4.78 is 28.3. The molecule has 1 heterocycles. The average Bonchev–Trinajstić information content (AvgIpc) is 3.14. The number of anilines is 1. The third-order valence-corrected chi connectivity index (χ3v) is 7.31. The van der Waals surface area contributed by atoms with Crippen molar-refractivity contribution < 1.29 is 13.2 Å². The molecule has 0 saturated heterocycles. The minimum atomic E-state index is -3.94. The Morgan fingerprint density at radius 3 is 2.33 bits per heavy atom. The molecule has 154 valence electrons. The zero-order valence-electron chi connectivity index (χ0n) is 16.4. The lowest BCUT2D eigenvalue weighted by Gasteiger charge is -2.29. The number of likely N-dealkylation sites (N-methyl/N-ethyl adjacent to an activating group) is 1. The largest absolute Gasteiger partial charge is 0.340 e. The van der Waals surface area contributed by atoms with Crippen LogP contribution >= 0.6 is 11.6 Å². The Hall–Kier alpha value is -2.83. The summed E-state index contributed by atoms with van der Waals surface area (Å²) in [5.41, 5.74) is 2.36. The van der Waals surface area contributed by atoms with Gasteiger partial charge in [-0.15, -0.1) is 0 Å². The van der Waals surface area contributed by atoms with E-state index >= 15 is 0 Å². The minimum Gasteiger partial charge on any atom is -0.340 e. The van der Waals surface area contributed by atoms with Crippen LogP contribution < -0.4 is 4.31 Å². The highest BCUT2D eigenvalue weighted by Gasteiger charge is 2.43. The first kappa shape index (κ1) is 20.4. The Morgan fingerprint density at radius 1 is 1.00 bits per heavy atom. The van der Waals surface area contributed by atoms with Gasteiger partial charge in [0, 0.05) is 25.0 Å². The van der Waals surface area contributed by atoms with Gasteiger partial charge in [-0.25, -0.2) is 8.42 Å². The maximum Gasteiger partial charge on any atom is 0.265 e. The van der Waals surface area contributed by atoms with Gasteiger partial charge in [0.15, 0.2) is 0 Å². The lowest BCUT2D eigenvalue weighted by Crippen LogP contribution is -2.48. The molecule has 0 fully saturated rings. The maximum absolute atomic E-state index is 13.5. The molecule has 0 aromatic heterocycles. The maximum atomic E-state index is 13.5. The monoisotopic (exact) mass is 440 g/mol. The minimum absolute atomic E-state index is 0.104. The summed E-state index contributed by atoms with van der Waals surface area (Å²) in [6, 6.07) is 22.0. The van der Waals surface area contributed by atoms with Crippen LogP contribution in [0.3, 0.4) is 0 Å². The van der Waals surface area contributed by atoms with Gasteiger partial charge in [-0.3, -0.25) is 9.10 Å². The highest BCUT2D eigenvalue weighted by atomic mass is 35.5. The molecule has 3 aromatic rings. The molecule has 1 aliphatic rings. The quantitative estimate of drug-likeness (QED) is 0.599. The van der Waals surface area contributed by atoms with Crippen molar-refractivity contribution in [1.82, 2.24) is 4.90 Å². The van der Waals surface area contributed by atoms with Crippen molar-refractivity contribution in [2.75, 3.05) is 11.4 Å². The van der Waals surface area contributed by atoms with E-state index in [1.807, 2.05) is 42.5 Å². The van der Waals surface area contributed by atoms with Gasteiger partial charge >= 0.3 is 0 Å². The first-order valence-electron chi connectivity index (χ1n) is 9.55. The van der Waals surface area contributed by atoms with E-state index in [2.05, 4.69) is 0 Å². The van der Waals surface area contributed by atoms with Crippen molar-refractivity contribution in [3.05, 3.63) is 95.0 Å². The number of fused-ring (bicyclic) bond motifs is 1. The van der Waals surface area contributed by atoms with Crippen molar-refractivity contribution in [2.45, 2.75) is 23.9 Å². The van der Waals surface area contributed by atoms with Crippen molar-refractivity contribution in [3.63, 3.8) is 0 Å². The Labute approximate surface area is 181 Å². The molecule has 1 amide bonds. The van der Waals surface area contributed by atoms with Gasteiger partial charge in [0.1, 0.15) is 6.04 Å². The number of benzene rings is 3. The van der Waals surface area contributed by atoms with E-state index < -0.39 is 16.1 Å². The number of rotatable bonds is 5. The lowest BCUT2D eigenvalue weighted by molar-refractivity contribution is -0.131. The van der Waals surface area contributed by atoms with Gasteiger partial charge in [-0.1, -0.05) is 60.1 Å². The van der Waals surface area contributed by atoms with Crippen LogP contribution in [0.25, 0.3) is 0 Å². The molecule has 4 rings (SSSR count). The van der Waals surface area contributed by atoms with E-state index in [-0.39, 0.29) is 10.8 Å². The van der Waals surface area contributed by atoms with Gasteiger partial charge in [0.05, 0.1) is 10.6 Å². The van der Waals surface area contributed by atoms with Crippen LogP contribution in [0, 0.1) is 0 Å². The van der Waals surface area contributed by atoms with Crippen LogP contribution in [-0.4, -0.2) is 32.3 Å². The van der Waals surface area contributed by atoms with Gasteiger partial charge in [0.2, 0.25) is 5.91 Å². The standard InChI is InChI=1S/C23H21ClN2O3S/c1-25(16-17-7-3-2-4-8-17)23(27)22-15-18-9-5-6-10-21(18)26(22)30(28,29)20-13-11-19(24)12-14-20/h2-14,22H,15-16H2,1H3. The lowest BCUT2D eigenvalue weighted by atomic mass is 10.1. The molecule has 0 bridgehead atoms. The summed E-state index contributed by atoms with van der Waals surface area (Å²) in [5.74, 6) is -0.243. The number of amides is 1. The number of halogens is 1. The van der Waals surface area contributed by atoms with Gasteiger partial charge in [0.25, 0.3) is 10.0 Å². The zero-order valence-corrected chi connectivity index (χ0v) is 18.0. The topological polar surface area (TPSA) is 57.7 Å². The molecule has 1 unspecified atom stereocenters. The van der Waals surface area contributed by atoms with Gasteiger partial charge < -0.3 is 4.90 Å². The van der Waals surface area contributed by atoms with E-state index in [1.165, 1.54) is 28.6 Å². The predicted molar refractivity (Wildman–Crippen MR) is 118 cm³/mol. The van der Waals surface area contributed by atoms with Gasteiger partial charge in [-0.2, -0.15) is 0 Å². The Morgan fingerprint density at radius 2 is 1.63 bits per heavy atom. The number of hydrogen-bond acceptors (Lipinski definition) is 3. The van der Waals surface area contributed by atoms with E-state index in [9.17, 15) is 13.2 Å². The second-order valence-electron chi connectivity index (χ2n) is 7.28. The van der Waals surface area contributed by atoms with Crippen LogP contribution in [0.4, 0.5) is 5.69 Å². The summed E-state index contributed by atoms with van der Waals surface area (Å²) in [4.78, 5) is 15.0. The molecule has 0 aliphatic carbocycles. The molecule has 0 saturated carbocycles. The van der Waals surface area contributed by atoms with Crippen molar-refractivity contribution in [3.8, 4) is 0 Å². The summed E-state index contributed by atoms with van der Waals surface area (Å²) in [6.07, 6.45) is 0.334. The summed E-state index contributed by atoms with van der Waals surface area (Å²) in [6.45, 7) is 0.404. The SMILES string of the molecule is CN(Cc1ccccc1)C(=O)C1Cc2ccccc2N1S(=O)(=O)c1ccc(Cl)cc1. The highest BCUT2D eigenvalue weighted by Crippen LogP contribution is 2.37. The fourth-order valence-electron chi connectivity index (χ4n) is 3.75. The summed E-state index contributed by atoms with van der Waals surface area (Å²) in [7, 11) is -2.24. The smallest absolute Gasteiger partial charge is 0.265 e. The Kier molecular flexibility index (Phi) is 5.54. The number of para-hydroxylation sites is 1. The molecule has 1 atom stereocenters. The molecule has 3 aromatic carbocycles. The van der Waals surface area contributed by atoms with E-state index in [4.69, 9.17) is 11.6 Å². The Bertz CT molecular complexity index is 1160. The fourth-order valence-corrected chi connectivity index (χ4v) is 5.52. The van der Waals surface area contributed by atoms with Crippen molar-refractivity contribution in [2.24, 2.45) is 0 Å². The molecular weight excluding hydrogens is 420 g/mol. The molecule has 30 heavy (non-hydrogen) atoms. The number of carbonyl (C=O) groups is 1. The van der Waals surface area contributed by atoms with Crippen LogP contribution in [0.1, 0.15) is 11.1 Å². The molecule has 0 radical (unpaired) electrons. The van der Waals surface area contributed by atoms with Crippen LogP contribution in [0.15, 0.2) is 83.8 Å². The number of carbonyl (C=O) groups excluding carboxylic acids is 1. The van der Waals surface area contributed by atoms with Crippen molar-refractivity contribution in [1.29, 1.82) is 0 Å². The normalized spacial score (nSPS) is 15.7. The van der Waals surface area contributed by atoms with Gasteiger partial charge in [-0.05, 0) is 41.5 Å². The van der Waals surface area contributed by atoms with E-state index in [1.54, 1.807) is 24.1 Å². The molecule has 7 heteroatoms. The van der Waals surface area contributed by atoms with Crippen LogP contribution in [0.5, 0.6) is 0 Å². The highest BCUT2D eigenvalue weighted by molar-refractivity contribution is 7.93. The average molecular weight is 441 g/mol. The molecule has 0 N–H and O–H groups in total. The number of hydrogen-bond donors (Lipinski definition) is 0. The van der Waals surface area contributed by atoms with E-state index in [0.717, 1.165) is 11.1 Å². The van der Waals surface area contributed by atoms with E-state index in [0.29, 0.717) is 23.7 Å². The summed E-state index contributed by atoms with van der Waals surface area (Å²) in [5, 5.41) is 0.450. The molecule has 5 nitrogen and oxygen atoms in total. The number of nitrogens with zero attached hydrogens (tertiary/aromatic N) is 2. The number of sulfonamides is 1. The first-order valence-corrected chi connectivity index (χ1v) is 11.4. The molecule has 0 spiro atoms. The second-order valence-corrected chi connectivity index (χ2v) is 9.53. The fraction of sp³-hybridized carbons (Fsp3) is 0.174. The predicted octanol–water partition coefficient (Wildman–Crippen LogP) is 4.12. The third-order valence-electron chi connectivity index (χ3n) is 5.22.